The van der Waals surface area contributed by atoms with Crippen molar-refractivity contribution in [3.63, 3.8) is 0 Å². The molecule has 1 saturated carbocycles. The Bertz CT molecular complexity index is 1040. The summed E-state index contributed by atoms with van der Waals surface area (Å²) in [6, 6.07) is 14.6. The third-order valence-electron chi connectivity index (χ3n) is 6.15. The van der Waals surface area contributed by atoms with Crippen LogP contribution in [0.5, 0.6) is 5.75 Å². The summed E-state index contributed by atoms with van der Waals surface area (Å²) in [6.07, 6.45) is 2.66. The Hall–Kier alpha value is -2.71. The van der Waals surface area contributed by atoms with Crippen LogP contribution in [0.2, 0.25) is 0 Å². The van der Waals surface area contributed by atoms with Gasteiger partial charge in [-0.2, -0.15) is 0 Å². The molecule has 2 aromatic rings. The molecule has 9 heteroatoms. The second-order valence-corrected chi connectivity index (χ2v) is 10.1. The van der Waals surface area contributed by atoms with Crippen LogP contribution in [-0.4, -0.2) is 47.3 Å². The van der Waals surface area contributed by atoms with E-state index in [9.17, 15) is 14.4 Å². The van der Waals surface area contributed by atoms with Gasteiger partial charge in [-0.1, -0.05) is 18.2 Å². The number of alkyl halides is 1. The molecule has 1 fully saturated rings. The van der Waals surface area contributed by atoms with Crippen LogP contribution in [-0.2, 0) is 9.59 Å². The Balaban J connectivity index is 1.17. The third kappa shape index (κ3) is 5.85. The minimum Gasteiger partial charge on any atom is -0.490 e. The lowest BCUT2D eigenvalue weighted by molar-refractivity contribution is -0.143. The van der Waals surface area contributed by atoms with Crippen molar-refractivity contribution < 1.29 is 24.2 Å². The quantitative estimate of drug-likeness (QED) is 0.372. The van der Waals surface area contributed by atoms with Gasteiger partial charge in [-0.25, -0.2) is 0 Å². The predicted molar refractivity (Wildman–Crippen MR) is 130 cm³/mol. The number of halogens is 1. The molecular weight excluding hydrogens is 476 g/mol. The molecule has 7 nitrogen and oxygen atoms in total. The van der Waals surface area contributed by atoms with Gasteiger partial charge in [0.05, 0.1) is 17.4 Å². The fraction of sp³-hybridized carbons (Fsp3) is 0.400. The van der Waals surface area contributed by atoms with Gasteiger partial charge in [-0.15, -0.1) is 23.4 Å². The van der Waals surface area contributed by atoms with Crippen molar-refractivity contribution in [1.29, 1.82) is 0 Å². The van der Waals surface area contributed by atoms with E-state index in [1.54, 1.807) is 24.3 Å². The zero-order valence-electron chi connectivity index (χ0n) is 18.5. The molecule has 0 bridgehead atoms. The zero-order chi connectivity index (χ0) is 24.1. The van der Waals surface area contributed by atoms with Crippen LogP contribution in [0.1, 0.15) is 47.0 Å². The number of benzene rings is 2. The molecule has 1 aliphatic carbocycles. The summed E-state index contributed by atoms with van der Waals surface area (Å²) < 4.78 is 5.94. The average molecular weight is 503 g/mol. The van der Waals surface area contributed by atoms with Gasteiger partial charge in [0.1, 0.15) is 11.0 Å². The van der Waals surface area contributed by atoms with E-state index in [-0.39, 0.29) is 34.5 Å². The third-order valence-corrected chi connectivity index (χ3v) is 8.15. The van der Waals surface area contributed by atoms with E-state index in [0.29, 0.717) is 50.1 Å². The van der Waals surface area contributed by atoms with Gasteiger partial charge in [0, 0.05) is 23.5 Å². The van der Waals surface area contributed by atoms with Gasteiger partial charge >= 0.3 is 5.97 Å². The van der Waals surface area contributed by atoms with Gasteiger partial charge < -0.3 is 20.5 Å². The number of fused-ring (bicyclic) bond motifs is 1. The molecule has 2 aromatic carbocycles. The number of carboxylic acids is 1. The summed E-state index contributed by atoms with van der Waals surface area (Å²) >= 11 is 7.91. The van der Waals surface area contributed by atoms with Gasteiger partial charge in [0.2, 0.25) is 5.91 Å². The molecule has 180 valence electrons. The fourth-order valence-electron chi connectivity index (χ4n) is 4.23. The fourth-order valence-corrected chi connectivity index (χ4v) is 5.97. The first-order chi connectivity index (χ1) is 16.4. The van der Waals surface area contributed by atoms with Gasteiger partial charge in [0.15, 0.2) is 0 Å². The Labute approximate surface area is 207 Å². The Morgan fingerprint density at radius 1 is 0.971 bits per heavy atom. The number of carbonyl (C=O) groups excluding carboxylic acids is 2. The predicted octanol–water partition coefficient (Wildman–Crippen LogP) is 4.01. The second kappa shape index (κ2) is 11.1. The maximum atomic E-state index is 12.5. The van der Waals surface area contributed by atoms with E-state index < -0.39 is 5.97 Å². The molecule has 2 aliphatic rings. The summed E-state index contributed by atoms with van der Waals surface area (Å²) in [4.78, 5) is 37.0. The van der Waals surface area contributed by atoms with Crippen molar-refractivity contribution >= 4 is 41.1 Å². The van der Waals surface area contributed by atoms with Crippen molar-refractivity contribution in [3.8, 4) is 5.75 Å². The van der Waals surface area contributed by atoms with E-state index in [4.69, 9.17) is 21.4 Å². The minimum absolute atomic E-state index is 0.00250. The SMILES string of the molecule is O=C(NCCNC(=O)C1Sc2ccccc2C1Cl)c1ccc(O[C@H]2CC[C@H](C(=O)O)CC2)cc1. The highest BCUT2D eigenvalue weighted by Gasteiger charge is 2.36. The number of hydrogen-bond donors (Lipinski definition) is 3. The number of nitrogens with one attached hydrogen (secondary N) is 2. The number of carboxylic acid groups (broad SMARTS) is 1. The van der Waals surface area contributed by atoms with E-state index in [0.717, 1.165) is 10.5 Å². The summed E-state index contributed by atoms with van der Waals surface area (Å²) in [7, 11) is 0. The van der Waals surface area contributed by atoms with Gasteiger partial charge in [-0.3, -0.25) is 14.4 Å². The molecule has 2 unspecified atom stereocenters. The van der Waals surface area contributed by atoms with Crippen LogP contribution in [0.25, 0.3) is 0 Å². The largest absolute Gasteiger partial charge is 0.490 e. The van der Waals surface area contributed by atoms with Crippen molar-refractivity contribution in [2.75, 3.05) is 13.1 Å². The number of ether oxygens (including phenoxy) is 1. The molecule has 0 aromatic heterocycles. The summed E-state index contributed by atoms with van der Waals surface area (Å²) in [5, 5.41) is 14.0. The maximum Gasteiger partial charge on any atom is 0.306 e. The molecule has 4 rings (SSSR count). The number of thioether (sulfide) groups is 1. The summed E-state index contributed by atoms with van der Waals surface area (Å²) in [5.41, 5.74) is 1.47. The highest BCUT2D eigenvalue weighted by Crippen LogP contribution is 2.47. The summed E-state index contributed by atoms with van der Waals surface area (Å²) in [6.45, 7) is 0.606. The monoisotopic (exact) mass is 502 g/mol. The molecular formula is C25H27ClN2O5S. The highest BCUT2D eigenvalue weighted by molar-refractivity contribution is 8.01. The van der Waals surface area contributed by atoms with Gasteiger partial charge in [-0.05, 0) is 61.6 Å². The van der Waals surface area contributed by atoms with Crippen molar-refractivity contribution in [1.82, 2.24) is 10.6 Å². The zero-order valence-corrected chi connectivity index (χ0v) is 20.1. The number of aliphatic carboxylic acids is 1. The normalized spacial score (nSPS) is 23.6. The maximum absolute atomic E-state index is 12.5. The molecule has 1 aliphatic heterocycles. The van der Waals surface area contributed by atoms with Crippen LogP contribution in [0.3, 0.4) is 0 Å². The van der Waals surface area contributed by atoms with Crippen molar-refractivity contribution in [2.45, 2.75) is 47.3 Å². The average Bonchev–Trinajstić information content (AvgIpc) is 3.19. The van der Waals surface area contributed by atoms with Crippen LogP contribution in [0, 0.1) is 5.92 Å². The molecule has 1 heterocycles. The van der Waals surface area contributed by atoms with Crippen molar-refractivity contribution in [2.24, 2.45) is 5.92 Å². The lowest BCUT2D eigenvalue weighted by Crippen LogP contribution is -2.39. The first-order valence-electron chi connectivity index (χ1n) is 11.4. The Morgan fingerprint density at radius 2 is 1.65 bits per heavy atom. The van der Waals surface area contributed by atoms with E-state index in [1.165, 1.54) is 11.8 Å². The topological polar surface area (TPSA) is 105 Å². The first-order valence-corrected chi connectivity index (χ1v) is 12.7. The van der Waals surface area contributed by atoms with E-state index in [2.05, 4.69) is 10.6 Å². The van der Waals surface area contributed by atoms with Crippen LogP contribution in [0.15, 0.2) is 53.4 Å². The number of amides is 2. The Kier molecular flexibility index (Phi) is 8.00. The molecule has 34 heavy (non-hydrogen) atoms. The second-order valence-electron chi connectivity index (χ2n) is 8.48. The van der Waals surface area contributed by atoms with Crippen LogP contribution in [0.4, 0.5) is 0 Å². The van der Waals surface area contributed by atoms with E-state index in [1.807, 2.05) is 24.3 Å². The Morgan fingerprint density at radius 3 is 2.32 bits per heavy atom. The smallest absolute Gasteiger partial charge is 0.306 e. The molecule has 2 amide bonds. The molecule has 0 spiro atoms. The van der Waals surface area contributed by atoms with Crippen LogP contribution < -0.4 is 15.4 Å². The lowest BCUT2D eigenvalue weighted by atomic mass is 9.87. The van der Waals surface area contributed by atoms with Gasteiger partial charge in [0.25, 0.3) is 5.91 Å². The highest BCUT2D eigenvalue weighted by atomic mass is 35.5. The molecule has 0 radical (unpaired) electrons. The van der Waals surface area contributed by atoms with E-state index >= 15 is 0 Å². The van der Waals surface area contributed by atoms with Crippen LogP contribution >= 0.6 is 23.4 Å². The van der Waals surface area contributed by atoms with Crippen molar-refractivity contribution in [3.05, 3.63) is 59.7 Å². The number of rotatable bonds is 8. The standard InChI is InChI=1S/C25H27ClN2O5S/c26-21-19-3-1-2-4-20(19)34-22(21)24(30)28-14-13-27-23(29)15-5-9-17(10-6-15)33-18-11-7-16(8-12-18)25(31)32/h1-6,9-10,16,18,21-22H,7-8,11-14H2,(H,27,29)(H,28,30)(H,31,32)/t16-,18-,21?,22?. The number of hydrogen-bond acceptors (Lipinski definition) is 5. The first kappa shape index (κ1) is 24.4. The molecule has 0 saturated heterocycles. The summed E-state index contributed by atoms with van der Waals surface area (Å²) in [5.74, 6) is -0.733. The molecule has 3 N–H and O–H groups in total. The molecule has 2 atom stereocenters. The number of carbonyl (C=O) groups is 3. The minimum atomic E-state index is -0.736. The lowest BCUT2D eigenvalue weighted by Gasteiger charge is -2.26.